The summed E-state index contributed by atoms with van der Waals surface area (Å²) in [6.45, 7) is 7.16. The minimum atomic E-state index is -1.25. The number of methoxy groups -OCH3 is 1. The number of carbonyl (C=O) groups is 4. The van der Waals surface area contributed by atoms with Crippen LogP contribution in [0.1, 0.15) is 49.9 Å². The van der Waals surface area contributed by atoms with Crippen molar-refractivity contribution >= 4 is 23.5 Å². The molecule has 0 saturated carbocycles. The topological polar surface area (TPSA) is 176 Å². The van der Waals surface area contributed by atoms with E-state index >= 15 is 0 Å². The molecule has 12 heteroatoms. The molecule has 1 unspecified atom stereocenters. The van der Waals surface area contributed by atoms with Crippen LogP contribution in [0, 0.1) is 24.2 Å². The molecule has 3 amide bonds. The van der Waals surface area contributed by atoms with E-state index in [4.69, 9.17) is 14.0 Å². The molecular formula is C22H31N5O7. The number of Topliss-reactive ketones (excluding diaryl/α,β-unsaturated/α-hetero) is 1. The van der Waals surface area contributed by atoms with Crippen LogP contribution in [-0.4, -0.2) is 72.7 Å². The van der Waals surface area contributed by atoms with Crippen molar-refractivity contribution in [2.24, 2.45) is 5.92 Å². The lowest BCUT2D eigenvalue weighted by atomic mass is 9.93. The second kappa shape index (κ2) is 11.7. The Morgan fingerprint density at radius 1 is 1.18 bits per heavy atom. The first-order valence-electron chi connectivity index (χ1n) is 10.9. The number of rotatable bonds is 13. The molecule has 1 aliphatic rings. The second-order valence-electron chi connectivity index (χ2n) is 8.80. The minimum Gasteiger partial charge on any atom is -0.382 e. The van der Waals surface area contributed by atoms with Crippen molar-refractivity contribution in [1.82, 2.24) is 21.1 Å². The van der Waals surface area contributed by atoms with Gasteiger partial charge < -0.3 is 29.9 Å². The van der Waals surface area contributed by atoms with E-state index in [0.29, 0.717) is 12.2 Å². The van der Waals surface area contributed by atoms with Gasteiger partial charge in [-0.1, -0.05) is 19.0 Å². The van der Waals surface area contributed by atoms with Crippen LogP contribution in [0.15, 0.2) is 10.6 Å². The molecular weight excluding hydrogens is 446 g/mol. The van der Waals surface area contributed by atoms with Crippen LogP contribution >= 0.6 is 0 Å². The largest absolute Gasteiger partial charge is 0.382 e. The van der Waals surface area contributed by atoms with Crippen molar-refractivity contribution in [2.45, 2.75) is 64.3 Å². The van der Waals surface area contributed by atoms with Gasteiger partial charge in [-0.25, -0.2) is 0 Å². The summed E-state index contributed by atoms with van der Waals surface area (Å²) in [4.78, 5) is 50.9. The third-order valence-corrected chi connectivity index (χ3v) is 5.18. The molecule has 2 heterocycles. The van der Waals surface area contributed by atoms with Crippen molar-refractivity contribution in [3.63, 3.8) is 0 Å². The molecule has 12 nitrogen and oxygen atoms in total. The fourth-order valence-electron chi connectivity index (χ4n) is 3.22. The standard InChI is InChI=1S/C22H31N5O7/c1-12(2)8-15(18(28)22(4)11-33-22)25-19(29)14(6-7-23)24-21(31)17(10-32-5)26-20(30)16-9-13(3)34-27-16/h9,12,14-15,17H,6,8,10-11H2,1-5H3,(H,24,31)(H,25,29)(H,26,30)/t14-,15?,17-,22+/m0/s1. The number of epoxide rings is 1. The van der Waals surface area contributed by atoms with Crippen molar-refractivity contribution < 1.29 is 33.2 Å². The number of aromatic nitrogens is 1. The normalized spacial score (nSPS) is 19.4. The fraction of sp³-hybridized carbons (Fsp3) is 0.636. The summed E-state index contributed by atoms with van der Waals surface area (Å²) < 4.78 is 15.1. The number of nitriles is 1. The van der Waals surface area contributed by atoms with Crippen molar-refractivity contribution in [1.29, 1.82) is 5.26 Å². The Kier molecular flexibility index (Phi) is 9.28. The van der Waals surface area contributed by atoms with E-state index in [1.807, 2.05) is 19.9 Å². The van der Waals surface area contributed by atoms with E-state index in [9.17, 15) is 24.4 Å². The maximum atomic E-state index is 12.9. The van der Waals surface area contributed by atoms with Crippen molar-refractivity contribution in [3.05, 3.63) is 17.5 Å². The lowest BCUT2D eigenvalue weighted by molar-refractivity contribution is -0.133. The molecule has 2 rings (SSSR count). The van der Waals surface area contributed by atoms with E-state index in [1.54, 1.807) is 13.8 Å². The SMILES string of the molecule is COC[C@H](NC(=O)c1cc(C)on1)C(=O)N[C@@H](CC#N)C(=O)NC(CC(C)C)C(=O)[C@@]1(C)CO1. The first-order valence-corrected chi connectivity index (χ1v) is 10.9. The van der Waals surface area contributed by atoms with Crippen LogP contribution < -0.4 is 16.0 Å². The van der Waals surface area contributed by atoms with Gasteiger partial charge in [0.15, 0.2) is 11.5 Å². The molecule has 0 aliphatic carbocycles. The summed E-state index contributed by atoms with van der Waals surface area (Å²) >= 11 is 0. The van der Waals surface area contributed by atoms with Gasteiger partial charge in [0.2, 0.25) is 11.8 Å². The smallest absolute Gasteiger partial charge is 0.274 e. The Morgan fingerprint density at radius 2 is 1.79 bits per heavy atom. The third-order valence-electron chi connectivity index (χ3n) is 5.18. The molecule has 0 aromatic carbocycles. The van der Waals surface area contributed by atoms with Gasteiger partial charge in [0.05, 0.1) is 31.7 Å². The van der Waals surface area contributed by atoms with E-state index < -0.39 is 41.4 Å². The molecule has 0 spiro atoms. The number of hydrogen-bond donors (Lipinski definition) is 3. The number of carbonyl (C=O) groups excluding carboxylic acids is 4. The number of aryl methyl sites for hydroxylation is 1. The van der Waals surface area contributed by atoms with Crippen LogP contribution in [0.3, 0.4) is 0 Å². The van der Waals surface area contributed by atoms with Crippen LogP contribution in [0.4, 0.5) is 0 Å². The number of amides is 3. The summed E-state index contributed by atoms with van der Waals surface area (Å²) in [6, 6.07) is 0.00284. The summed E-state index contributed by atoms with van der Waals surface area (Å²) in [6.07, 6.45) is 0.0281. The minimum absolute atomic E-state index is 0.0245. The van der Waals surface area contributed by atoms with E-state index in [-0.39, 0.29) is 37.0 Å². The molecule has 1 fully saturated rings. The van der Waals surface area contributed by atoms with Crippen LogP contribution in [-0.2, 0) is 23.9 Å². The molecule has 0 bridgehead atoms. The Balaban J connectivity index is 2.09. The lowest BCUT2D eigenvalue weighted by Gasteiger charge is -2.25. The summed E-state index contributed by atoms with van der Waals surface area (Å²) in [5, 5.41) is 20.4. The number of ether oxygens (including phenoxy) is 2. The fourth-order valence-corrected chi connectivity index (χ4v) is 3.22. The zero-order valence-corrected chi connectivity index (χ0v) is 20.0. The molecule has 186 valence electrons. The molecule has 1 aromatic heterocycles. The molecule has 1 aliphatic heterocycles. The van der Waals surface area contributed by atoms with Crippen LogP contribution in [0.2, 0.25) is 0 Å². The molecule has 34 heavy (non-hydrogen) atoms. The summed E-state index contributed by atoms with van der Waals surface area (Å²) in [5.41, 5.74) is -0.961. The molecule has 3 N–H and O–H groups in total. The molecule has 4 atom stereocenters. The van der Waals surface area contributed by atoms with E-state index in [1.165, 1.54) is 13.2 Å². The van der Waals surface area contributed by atoms with Crippen LogP contribution in [0.25, 0.3) is 0 Å². The van der Waals surface area contributed by atoms with Gasteiger partial charge in [0.25, 0.3) is 5.91 Å². The van der Waals surface area contributed by atoms with Gasteiger partial charge in [-0.15, -0.1) is 0 Å². The highest BCUT2D eigenvalue weighted by Gasteiger charge is 2.50. The van der Waals surface area contributed by atoms with Gasteiger partial charge in [0, 0.05) is 13.2 Å². The second-order valence-corrected chi connectivity index (χ2v) is 8.80. The highest BCUT2D eigenvalue weighted by molar-refractivity contribution is 5.99. The zero-order chi connectivity index (χ0) is 25.5. The number of ketones is 1. The van der Waals surface area contributed by atoms with E-state index in [2.05, 4.69) is 21.1 Å². The molecule has 0 radical (unpaired) electrons. The summed E-state index contributed by atoms with van der Waals surface area (Å²) in [5.74, 6) is -1.84. The van der Waals surface area contributed by atoms with Gasteiger partial charge in [-0.2, -0.15) is 5.26 Å². The van der Waals surface area contributed by atoms with Gasteiger partial charge in [0.1, 0.15) is 23.4 Å². The first-order chi connectivity index (χ1) is 16.0. The predicted octanol–water partition coefficient (Wildman–Crippen LogP) is 0.0152. The Labute approximate surface area is 197 Å². The molecule has 1 saturated heterocycles. The maximum absolute atomic E-state index is 12.9. The van der Waals surface area contributed by atoms with Gasteiger partial charge in [-0.3, -0.25) is 19.2 Å². The summed E-state index contributed by atoms with van der Waals surface area (Å²) in [7, 11) is 1.34. The van der Waals surface area contributed by atoms with E-state index in [0.717, 1.165) is 0 Å². The zero-order valence-electron chi connectivity index (χ0n) is 20.0. The van der Waals surface area contributed by atoms with Gasteiger partial charge >= 0.3 is 0 Å². The Hall–Kier alpha value is -3.30. The third kappa shape index (κ3) is 7.36. The van der Waals surface area contributed by atoms with Crippen LogP contribution in [0.5, 0.6) is 0 Å². The average Bonchev–Trinajstić information content (AvgIpc) is 3.37. The number of hydrogen-bond acceptors (Lipinski definition) is 9. The van der Waals surface area contributed by atoms with Gasteiger partial charge in [-0.05, 0) is 26.2 Å². The van der Waals surface area contributed by atoms with Crippen molar-refractivity contribution in [2.75, 3.05) is 20.3 Å². The highest BCUT2D eigenvalue weighted by Crippen LogP contribution is 2.29. The van der Waals surface area contributed by atoms with Crippen molar-refractivity contribution in [3.8, 4) is 6.07 Å². The molecule has 1 aromatic rings. The Bertz CT molecular complexity index is 948. The number of nitrogens with zero attached hydrogens (tertiary/aromatic N) is 2. The average molecular weight is 478 g/mol. The predicted molar refractivity (Wildman–Crippen MR) is 117 cm³/mol. The maximum Gasteiger partial charge on any atom is 0.274 e. The quantitative estimate of drug-likeness (QED) is 0.330. The highest BCUT2D eigenvalue weighted by atomic mass is 16.6. The lowest BCUT2D eigenvalue weighted by Crippen LogP contribution is -2.57. The number of nitrogens with one attached hydrogen (secondary N) is 3. The Morgan fingerprint density at radius 3 is 2.29 bits per heavy atom. The monoisotopic (exact) mass is 477 g/mol. The first kappa shape index (κ1) is 26.9.